The summed E-state index contributed by atoms with van der Waals surface area (Å²) in [6, 6.07) is 4.26. The van der Waals surface area contributed by atoms with Crippen LogP contribution < -0.4 is 10.6 Å². The van der Waals surface area contributed by atoms with Gasteiger partial charge in [-0.25, -0.2) is 9.37 Å². The molecule has 1 aromatic heterocycles. The van der Waals surface area contributed by atoms with Crippen LogP contribution in [0.1, 0.15) is 44.7 Å². The lowest BCUT2D eigenvalue weighted by molar-refractivity contribution is -0.137. The molecule has 6 nitrogen and oxygen atoms in total. The zero-order chi connectivity index (χ0) is 30.0. The molecule has 1 saturated carbocycles. The van der Waals surface area contributed by atoms with Crippen molar-refractivity contribution >= 4 is 49.2 Å². The number of nitrogens with zero attached hydrogens (tertiary/aromatic N) is 1. The lowest BCUT2D eigenvalue weighted by atomic mass is 9.77. The van der Waals surface area contributed by atoms with E-state index in [9.17, 15) is 27.2 Å². The van der Waals surface area contributed by atoms with E-state index >= 15 is 0 Å². The fraction of sp³-hybridized carbons (Fsp3) is 0.519. The minimum Gasteiger partial charge on any atom is -0.414 e. The van der Waals surface area contributed by atoms with Gasteiger partial charge < -0.3 is 15.1 Å². The van der Waals surface area contributed by atoms with E-state index in [1.54, 1.807) is 0 Å². The zero-order valence-electron chi connectivity index (χ0n) is 22.8. The quantitative estimate of drug-likeness (QED) is 0.180. The minimum atomic E-state index is -4.48. The van der Waals surface area contributed by atoms with Crippen molar-refractivity contribution in [3.8, 4) is 0 Å². The Hall–Kier alpha value is -2.21. The summed E-state index contributed by atoms with van der Waals surface area (Å²) in [6.45, 7) is 10.6. The average molecular weight is 623 g/mol. The predicted molar refractivity (Wildman–Crippen MR) is 149 cm³/mol. The van der Waals surface area contributed by atoms with Gasteiger partial charge in [0.25, 0.3) is 0 Å². The van der Waals surface area contributed by atoms with Gasteiger partial charge in [0, 0.05) is 12.3 Å². The number of alkyl halides is 4. The van der Waals surface area contributed by atoms with Crippen LogP contribution in [0.5, 0.6) is 0 Å². The topological polar surface area (TPSA) is 80.3 Å². The Morgan fingerprint density at radius 1 is 1.12 bits per heavy atom. The molecule has 2 atom stereocenters. The van der Waals surface area contributed by atoms with Crippen LogP contribution in [0.15, 0.2) is 36.5 Å². The first kappa shape index (κ1) is 32.3. The van der Waals surface area contributed by atoms with Crippen LogP contribution in [0, 0.1) is 11.7 Å². The monoisotopic (exact) mass is 621 g/mol. The molecule has 1 aromatic carbocycles. The van der Waals surface area contributed by atoms with Crippen LogP contribution >= 0.6 is 23.2 Å². The van der Waals surface area contributed by atoms with Crippen molar-refractivity contribution in [3.63, 3.8) is 0 Å². The highest BCUT2D eigenvalue weighted by atomic mass is 35.5. The second-order valence-electron chi connectivity index (χ2n) is 11.6. The van der Waals surface area contributed by atoms with Gasteiger partial charge in [0.1, 0.15) is 11.4 Å². The van der Waals surface area contributed by atoms with Gasteiger partial charge >= 0.3 is 6.18 Å². The van der Waals surface area contributed by atoms with E-state index in [2.05, 4.69) is 49.5 Å². The molecule has 1 aliphatic rings. The van der Waals surface area contributed by atoms with E-state index in [1.165, 1.54) is 18.3 Å². The lowest BCUT2D eigenvalue weighted by Gasteiger charge is -2.46. The van der Waals surface area contributed by atoms with Crippen molar-refractivity contribution in [2.24, 2.45) is 5.92 Å². The Bertz CT molecular complexity index is 1220. The number of aromatic nitrogens is 1. The standard InChI is InChI=1S/C27H33Cl2F4N3O3Si/c1-26(2,3)40(4,5)39-19-11-16(12-19)22(25(38)36-23-21(30)13-18(28)14-34-23)35-24(37)20(29)10-15-6-8-17(9-7-15)27(31,32)33/h6-9,13-14,16,19-20,22H,10-12H2,1-5H3,(H,35,37)(H,34,36,38). The number of hydrogen-bond acceptors (Lipinski definition) is 4. The molecule has 220 valence electrons. The molecule has 0 spiro atoms. The highest BCUT2D eigenvalue weighted by Crippen LogP contribution is 2.42. The van der Waals surface area contributed by atoms with E-state index in [4.69, 9.17) is 27.6 Å². The van der Waals surface area contributed by atoms with Crippen molar-refractivity contribution in [1.29, 1.82) is 0 Å². The second kappa shape index (κ2) is 12.3. The number of halogens is 6. The summed E-state index contributed by atoms with van der Waals surface area (Å²) in [5.74, 6) is -2.86. The zero-order valence-corrected chi connectivity index (χ0v) is 25.3. The normalized spacial score (nSPS) is 19.4. The van der Waals surface area contributed by atoms with Crippen molar-refractivity contribution in [3.05, 3.63) is 58.5 Å². The number of hydrogen-bond donors (Lipinski definition) is 2. The van der Waals surface area contributed by atoms with Gasteiger partial charge in [0.2, 0.25) is 11.8 Å². The van der Waals surface area contributed by atoms with Crippen LogP contribution in [-0.2, 0) is 26.6 Å². The Morgan fingerprint density at radius 2 is 1.73 bits per heavy atom. The first-order valence-electron chi connectivity index (χ1n) is 12.8. The van der Waals surface area contributed by atoms with Crippen LogP contribution in [-0.4, -0.2) is 42.6 Å². The Balaban J connectivity index is 1.71. The smallest absolute Gasteiger partial charge is 0.414 e. The van der Waals surface area contributed by atoms with E-state index in [1.807, 2.05) is 0 Å². The van der Waals surface area contributed by atoms with E-state index < -0.39 is 49.1 Å². The molecule has 2 unspecified atom stereocenters. The molecule has 0 bridgehead atoms. The third kappa shape index (κ3) is 8.17. The summed E-state index contributed by atoms with van der Waals surface area (Å²) >= 11 is 12.1. The van der Waals surface area contributed by atoms with Crippen LogP contribution in [0.3, 0.4) is 0 Å². The molecule has 2 amide bonds. The summed E-state index contributed by atoms with van der Waals surface area (Å²) in [4.78, 5) is 30.1. The molecule has 0 saturated heterocycles. The first-order chi connectivity index (χ1) is 18.4. The van der Waals surface area contributed by atoms with E-state index in [-0.39, 0.29) is 34.3 Å². The number of benzene rings is 1. The van der Waals surface area contributed by atoms with Crippen molar-refractivity contribution in [2.45, 2.75) is 81.9 Å². The summed E-state index contributed by atoms with van der Waals surface area (Å²) in [5.41, 5.74) is -0.394. The number of anilines is 1. The molecule has 3 rings (SSSR count). The van der Waals surface area contributed by atoms with E-state index in [0.717, 1.165) is 18.2 Å². The molecular weight excluding hydrogens is 589 g/mol. The highest BCUT2D eigenvalue weighted by molar-refractivity contribution is 6.74. The van der Waals surface area contributed by atoms with Crippen LogP contribution in [0.2, 0.25) is 23.2 Å². The number of carbonyl (C=O) groups excluding carboxylic acids is 2. The van der Waals surface area contributed by atoms with Gasteiger partial charge in [0.05, 0.1) is 10.6 Å². The molecule has 1 aliphatic carbocycles. The summed E-state index contributed by atoms with van der Waals surface area (Å²) < 4.78 is 59.3. The van der Waals surface area contributed by atoms with Crippen molar-refractivity contribution in [2.75, 3.05) is 5.32 Å². The molecule has 1 fully saturated rings. The molecule has 40 heavy (non-hydrogen) atoms. The molecule has 1 heterocycles. The number of pyridine rings is 1. The Morgan fingerprint density at radius 3 is 2.25 bits per heavy atom. The summed E-state index contributed by atoms with van der Waals surface area (Å²) in [7, 11) is -2.06. The average Bonchev–Trinajstić information content (AvgIpc) is 2.80. The molecule has 2 N–H and O–H groups in total. The summed E-state index contributed by atoms with van der Waals surface area (Å²) in [6.07, 6.45) is -2.47. The van der Waals surface area contributed by atoms with Crippen LogP contribution in [0.25, 0.3) is 0 Å². The maximum atomic E-state index is 14.3. The molecule has 13 heteroatoms. The maximum absolute atomic E-state index is 14.3. The second-order valence-corrected chi connectivity index (χ2v) is 17.3. The number of rotatable bonds is 9. The maximum Gasteiger partial charge on any atom is 0.416 e. The lowest BCUT2D eigenvalue weighted by Crippen LogP contribution is -2.57. The van der Waals surface area contributed by atoms with Gasteiger partial charge in [-0.1, -0.05) is 44.5 Å². The van der Waals surface area contributed by atoms with Gasteiger partial charge in [-0.05, 0) is 67.1 Å². The Labute approximate surface area is 242 Å². The highest BCUT2D eigenvalue weighted by Gasteiger charge is 2.46. The van der Waals surface area contributed by atoms with Crippen LogP contribution in [0.4, 0.5) is 23.4 Å². The predicted octanol–water partition coefficient (Wildman–Crippen LogP) is 6.97. The third-order valence-corrected chi connectivity index (χ3v) is 12.6. The van der Waals surface area contributed by atoms with Gasteiger partial charge in [-0.2, -0.15) is 13.2 Å². The molecular formula is C27H33Cl2F4N3O3Si. The SMILES string of the molecule is CC(C)(C)[Si](C)(C)OC1CC(C(NC(=O)C(Cl)Cc2ccc(C(F)(F)F)cc2)C(=O)Nc2ncc(Cl)cc2F)C1. The first-order valence-corrected chi connectivity index (χ1v) is 16.5. The largest absolute Gasteiger partial charge is 0.416 e. The molecule has 0 radical (unpaired) electrons. The number of carbonyl (C=O) groups is 2. The summed E-state index contributed by atoms with van der Waals surface area (Å²) in [5, 5.41) is 3.94. The number of amides is 2. The van der Waals surface area contributed by atoms with Gasteiger partial charge in [0.15, 0.2) is 20.0 Å². The fourth-order valence-corrected chi connectivity index (χ4v) is 5.80. The van der Waals surface area contributed by atoms with Gasteiger partial charge in [-0.3, -0.25) is 9.59 Å². The fourth-order valence-electron chi connectivity index (χ4n) is 4.04. The van der Waals surface area contributed by atoms with Gasteiger partial charge in [-0.15, -0.1) is 11.6 Å². The number of nitrogens with one attached hydrogen (secondary N) is 2. The van der Waals surface area contributed by atoms with Crippen molar-refractivity contribution in [1.82, 2.24) is 10.3 Å². The third-order valence-electron chi connectivity index (χ3n) is 7.48. The van der Waals surface area contributed by atoms with Crippen molar-refractivity contribution < 1.29 is 31.6 Å². The Kier molecular flexibility index (Phi) is 9.97. The minimum absolute atomic E-state index is 0.00892. The molecule has 2 aromatic rings. The van der Waals surface area contributed by atoms with E-state index in [0.29, 0.717) is 18.4 Å². The molecule has 0 aliphatic heterocycles.